The van der Waals surface area contributed by atoms with Gasteiger partial charge < -0.3 is 14.7 Å². The third-order valence-electron chi connectivity index (χ3n) is 6.12. The van der Waals surface area contributed by atoms with Crippen LogP contribution >= 0.6 is 0 Å². The van der Waals surface area contributed by atoms with Gasteiger partial charge in [0.15, 0.2) is 0 Å². The molecule has 30 heavy (non-hydrogen) atoms. The number of Topliss-reactive ketones (excluding diaryl/α,β-unsaturated/α-hetero) is 1. The number of aromatic nitrogens is 1. The Hall–Kier alpha value is -3.15. The molecule has 1 atom stereocenters. The van der Waals surface area contributed by atoms with Crippen molar-refractivity contribution in [3.8, 4) is 5.75 Å². The summed E-state index contributed by atoms with van der Waals surface area (Å²) in [5.41, 5.74) is 2.18. The third kappa shape index (κ3) is 3.47. The molecule has 1 unspecified atom stereocenters. The second-order valence-electron chi connectivity index (χ2n) is 7.97. The van der Waals surface area contributed by atoms with Crippen LogP contribution in [0.4, 0.5) is 0 Å². The molecule has 6 nitrogen and oxygen atoms in total. The molecule has 1 saturated carbocycles. The molecule has 1 saturated heterocycles. The Labute approximate surface area is 176 Å². The quantitative estimate of drug-likeness (QED) is 0.469. The topological polar surface area (TPSA) is 79.7 Å². The van der Waals surface area contributed by atoms with Gasteiger partial charge in [-0.15, -0.1) is 0 Å². The number of carbonyl (C=O) groups is 2. The van der Waals surface area contributed by atoms with E-state index in [0.29, 0.717) is 11.3 Å². The molecule has 2 aromatic rings. The maximum atomic E-state index is 13.1. The molecule has 4 rings (SSSR count). The molecule has 2 heterocycles. The highest BCUT2D eigenvalue weighted by Crippen LogP contribution is 2.43. The molecule has 1 amide bonds. The first-order valence-electron chi connectivity index (χ1n) is 10.4. The lowest BCUT2D eigenvalue weighted by Crippen LogP contribution is -2.40. The van der Waals surface area contributed by atoms with Crippen molar-refractivity contribution in [1.29, 1.82) is 0 Å². The van der Waals surface area contributed by atoms with E-state index < -0.39 is 17.7 Å². The van der Waals surface area contributed by atoms with Crippen LogP contribution in [0.3, 0.4) is 0 Å². The molecule has 1 aromatic heterocycles. The minimum Gasteiger partial charge on any atom is -0.507 e. The van der Waals surface area contributed by atoms with Gasteiger partial charge in [-0.3, -0.25) is 14.6 Å². The van der Waals surface area contributed by atoms with Crippen LogP contribution in [0.2, 0.25) is 0 Å². The molecule has 1 aromatic carbocycles. The Bertz CT molecular complexity index is 994. The zero-order chi connectivity index (χ0) is 21.3. The molecule has 0 bridgehead atoms. The number of benzene rings is 1. The zero-order valence-electron chi connectivity index (χ0n) is 17.3. The highest BCUT2D eigenvalue weighted by Gasteiger charge is 2.48. The predicted molar refractivity (Wildman–Crippen MR) is 113 cm³/mol. The van der Waals surface area contributed by atoms with Crippen LogP contribution in [0, 0.1) is 6.92 Å². The second-order valence-corrected chi connectivity index (χ2v) is 7.97. The van der Waals surface area contributed by atoms with Gasteiger partial charge in [-0.25, -0.2) is 0 Å². The molecule has 1 aliphatic heterocycles. The summed E-state index contributed by atoms with van der Waals surface area (Å²) in [5.74, 6) is -0.646. The molecule has 2 aliphatic rings. The minimum absolute atomic E-state index is 0.0108. The van der Waals surface area contributed by atoms with E-state index in [9.17, 15) is 14.7 Å². The lowest BCUT2D eigenvalue weighted by molar-refractivity contribution is -0.141. The fraction of sp³-hybridized carbons (Fsp3) is 0.375. The van der Waals surface area contributed by atoms with Gasteiger partial charge in [0.2, 0.25) is 0 Å². The molecule has 6 heteroatoms. The van der Waals surface area contributed by atoms with Gasteiger partial charge >= 0.3 is 0 Å². The Morgan fingerprint density at radius 2 is 1.93 bits per heavy atom. The van der Waals surface area contributed by atoms with Gasteiger partial charge in [0.05, 0.1) is 18.7 Å². The third-order valence-corrected chi connectivity index (χ3v) is 6.12. The van der Waals surface area contributed by atoms with Crippen LogP contribution in [0.1, 0.15) is 54.8 Å². The Morgan fingerprint density at radius 3 is 2.57 bits per heavy atom. The second kappa shape index (κ2) is 8.30. The SMILES string of the molecule is COc1ccc(/C(O)=C2/C(=O)C(=O)N(C3CCCCC3)C2c2cccnc2)cc1C. The van der Waals surface area contributed by atoms with E-state index in [4.69, 9.17) is 4.74 Å². The van der Waals surface area contributed by atoms with Crippen LogP contribution in [0.25, 0.3) is 5.76 Å². The molecule has 1 aliphatic carbocycles. The lowest BCUT2D eigenvalue weighted by atomic mass is 9.91. The number of amides is 1. The van der Waals surface area contributed by atoms with Crippen LogP contribution < -0.4 is 4.74 Å². The summed E-state index contributed by atoms with van der Waals surface area (Å²) >= 11 is 0. The molecule has 2 fully saturated rings. The highest BCUT2D eigenvalue weighted by atomic mass is 16.5. The first kappa shape index (κ1) is 20.1. The first-order valence-corrected chi connectivity index (χ1v) is 10.4. The number of aryl methyl sites for hydroxylation is 1. The number of rotatable bonds is 4. The number of nitrogens with zero attached hydrogens (tertiary/aromatic N) is 2. The number of likely N-dealkylation sites (tertiary alicyclic amines) is 1. The van der Waals surface area contributed by atoms with Crippen molar-refractivity contribution in [3.05, 3.63) is 65.0 Å². The first-order chi connectivity index (χ1) is 14.5. The average molecular weight is 406 g/mol. The predicted octanol–water partition coefficient (Wildman–Crippen LogP) is 4.15. The molecule has 156 valence electrons. The molecule has 0 radical (unpaired) electrons. The summed E-state index contributed by atoms with van der Waals surface area (Å²) in [5, 5.41) is 11.2. The smallest absolute Gasteiger partial charge is 0.295 e. The van der Waals surface area contributed by atoms with Gasteiger partial charge in [-0.2, -0.15) is 0 Å². The summed E-state index contributed by atoms with van der Waals surface area (Å²) in [6, 6.07) is 8.21. The highest BCUT2D eigenvalue weighted by molar-refractivity contribution is 6.46. The maximum Gasteiger partial charge on any atom is 0.295 e. The number of aliphatic hydroxyl groups excluding tert-OH is 1. The Morgan fingerprint density at radius 1 is 1.17 bits per heavy atom. The monoisotopic (exact) mass is 406 g/mol. The number of aliphatic hydroxyl groups is 1. The van der Waals surface area contributed by atoms with Gasteiger partial charge in [0, 0.05) is 24.0 Å². The summed E-state index contributed by atoms with van der Waals surface area (Å²) in [4.78, 5) is 32.1. The zero-order valence-corrected chi connectivity index (χ0v) is 17.3. The maximum absolute atomic E-state index is 13.1. The fourth-order valence-corrected chi connectivity index (χ4v) is 4.63. The number of methoxy groups -OCH3 is 1. The Balaban J connectivity index is 1.85. The van der Waals surface area contributed by atoms with Gasteiger partial charge in [-0.1, -0.05) is 25.3 Å². The van der Waals surface area contributed by atoms with Gasteiger partial charge in [0.1, 0.15) is 11.5 Å². The number of hydrogen-bond donors (Lipinski definition) is 1. The van der Waals surface area contributed by atoms with E-state index in [2.05, 4.69) is 4.98 Å². The van der Waals surface area contributed by atoms with Crippen LogP contribution in [0.5, 0.6) is 5.75 Å². The summed E-state index contributed by atoms with van der Waals surface area (Å²) < 4.78 is 5.29. The number of hydrogen-bond acceptors (Lipinski definition) is 5. The van der Waals surface area contributed by atoms with E-state index in [-0.39, 0.29) is 17.4 Å². The van der Waals surface area contributed by atoms with Crippen molar-refractivity contribution in [1.82, 2.24) is 9.88 Å². The standard InChI is InChI=1S/C24H26N2O4/c1-15-13-16(10-11-19(15)30-2)22(27)20-21(17-7-6-12-25-14-17)26(24(29)23(20)28)18-8-4-3-5-9-18/h6-7,10-14,18,21,27H,3-5,8-9H2,1-2H3/b22-20-. The van der Waals surface area contributed by atoms with E-state index in [1.165, 1.54) is 0 Å². The van der Waals surface area contributed by atoms with E-state index >= 15 is 0 Å². The number of pyridine rings is 1. The van der Waals surface area contributed by atoms with Gasteiger partial charge in [-0.05, 0) is 55.2 Å². The van der Waals surface area contributed by atoms with Crippen molar-refractivity contribution in [2.45, 2.75) is 51.1 Å². The Kier molecular flexibility index (Phi) is 5.57. The summed E-state index contributed by atoms with van der Waals surface area (Å²) in [7, 11) is 1.58. The lowest BCUT2D eigenvalue weighted by Gasteiger charge is -2.35. The van der Waals surface area contributed by atoms with Crippen molar-refractivity contribution in [2.75, 3.05) is 7.11 Å². The summed E-state index contributed by atoms with van der Waals surface area (Å²) in [6.45, 7) is 1.87. The normalized spacial score (nSPS) is 21.8. The largest absolute Gasteiger partial charge is 0.507 e. The van der Waals surface area contributed by atoms with Crippen LogP contribution in [-0.4, -0.2) is 39.8 Å². The van der Waals surface area contributed by atoms with E-state index in [1.807, 2.05) is 13.0 Å². The number of ether oxygens (including phenoxy) is 1. The van der Waals surface area contributed by atoms with E-state index in [0.717, 1.165) is 43.2 Å². The number of carbonyl (C=O) groups excluding carboxylic acids is 2. The molecule has 0 spiro atoms. The van der Waals surface area contributed by atoms with Crippen molar-refractivity contribution >= 4 is 17.4 Å². The van der Waals surface area contributed by atoms with Crippen LogP contribution in [0.15, 0.2) is 48.3 Å². The summed E-state index contributed by atoms with van der Waals surface area (Å²) in [6.07, 6.45) is 8.26. The molecule has 1 N–H and O–H groups in total. The van der Waals surface area contributed by atoms with Crippen molar-refractivity contribution in [3.63, 3.8) is 0 Å². The average Bonchev–Trinajstić information content (AvgIpc) is 3.05. The molecular formula is C24H26N2O4. The van der Waals surface area contributed by atoms with Crippen LogP contribution in [-0.2, 0) is 9.59 Å². The van der Waals surface area contributed by atoms with E-state index in [1.54, 1.807) is 48.7 Å². The van der Waals surface area contributed by atoms with Crippen molar-refractivity contribution < 1.29 is 19.4 Å². The fourth-order valence-electron chi connectivity index (χ4n) is 4.63. The number of ketones is 1. The minimum atomic E-state index is -0.639. The van der Waals surface area contributed by atoms with Gasteiger partial charge in [0.25, 0.3) is 11.7 Å². The van der Waals surface area contributed by atoms with Crippen molar-refractivity contribution in [2.24, 2.45) is 0 Å². The molecular weight excluding hydrogens is 380 g/mol.